The van der Waals surface area contributed by atoms with E-state index in [0.717, 1.165) is 34.5 Å². The Bertz CT molecular complexity index is 1110. The Kier molecular flexibility index (Phi) is 8.41. The van der Waals surface area contributed by atoms with Gasteiger partial charge in [-0.2, -0.15) is 5.10 Å². The molecule has 7 nitrogen and oxygen atoms in total. The third kappa shape index (κ3) is 6.00. The van der Waals surface area contributed by atoms with Crippen LogP contribution in [0.4, 0.5) is 5.69 Å². The molecule has 3 aromatic rings. The van der Waals surface area contributed by atoms with Crippen LogP contribution in [-0.4, -0.2) is 43.9 Å². The van der Waals surface area contributed by atoms with E-state index < -0.39 is 22.2 Å². The van der Waals surface area contributed by atoms with Crippen molar-refractivity contribution in [1.29, 1.82) is 0 Å². The summed E-state index contributed by atoms with van der Waals surface area (Å²) < 4.78 is 22.9. The third-order valence-electron chi connectivity index (χ3n) is 5.72. The monoisotopic (exact) mass is 482 g/mol. The molecule has 182 valence electrons. The highest BCUT2D eigenvalue weighted by atomic mass is 32.2. The molecule has 0 aliphatic rings. The van der Waals surface area contributed by atoms with E-state index in [0.29, 0.717) is 11.3 Å². The van der Waals surface area contributed by atoms with E-state index in [1.807, 2.05) is 84.3 Å². The lowest BCUT2D eigenvalue weighted by Crippen LogP contribution is -2.27. The number of hydrogen-bond donors (Lipinski definition) is 3. The molecule has 1 heterocycles. The van der Waals surface area contributed by atoms with Gasteiger partial charge in [-0.15, -0.1) is 0 Å². The molecule has 3 rings (SSSR count). The molecular weight excluding hydrogens is 448 g/mol. The maximum atomic E-state index is 13.4. The predicted molar refractivity (Wildman–Crippen MR) is 138 cm³/mol. The van der Waals surface area contributed by atoms with Gasteiger partial charge in [0.1, 0.15) is 0 Å². The number of nitrogens with zero attached hydrogens (tertiary/aromatic N) is 2. The van der Waals surface area contributed by atoms with Gasteiger partial charge in [-0.25, -0.2) is 4.21 Å². The average molecular weight is 483 g/mol. The molecule has 8 heteroatoms. The quantitative estimate of drug-likeness (QED) is 0.360. The van der Waals surface area contributed by atoms with Crippen molar-refractivity contribution >= 4 is 22.7 Å². The molecule has 0 saturated carbocycles. The first kappa shape index (κ1) is 25.8. The van der Waals surface area contributed by atoms with Gasteiger partial charge >= 0.3 is 0 Å². The topological polar surface area (TPSA) is 98.3 Å². The Labute approximate surface area is 204 Å². The van der Waals surface area contributed by atoms with Crippen molar-refractivity contribution in [3.05, 3.63) is 70.9 Å². The van der Waals surface area contributed by atoms with Crippen molar-refractivity contribution in [3.8, 4) is 11.3 Å². The van der Waals surface area contributed by atoms with E-state index in [9.17, 15) is 13.6 Å². The molecule has 3 N–H and O–H groups in total. The Morgan fingerprint density at radius 2 is 1.65 bits per heavy atom. The SMILES string of the molecule is CC(C)c1cc(-c2ccn[nH]2)cc(C(C)C)c1C(C(=O)Nc1ccc(CN(C)C)cc1)S(=O)O. The first-order valence-corrected chi connectivity index (χ1v) is 12.6. The van der Waals surface area contributed by atoms with Crippen molar-refractivity contribution < 1.29 is 13.6 Å². The van der Waals surface area contributed by atoms with Crippen molar-refractivity contribution in [2.75, 3.05) is 19.4 Å². The van der Waals surface area contributed by atoms with Gasteiger partial charge in [-0.3, -0.25) is 9.89 Å². The molecule has 0 spiro atoms. The number of rotatable bonds is 9. The zero-order valence-corrected chi connectivity index (χ0v) is 21.4. The largest absolute Gasteiger partial charge is 0.325 e. The second-order valence-electron chi connectivity index (χ2n) is 9.43. The molecule has 0 radical (unpaired) electrons. The van der Waals surface area contributed by atoms with Crippen LogP contribution in [0.2, 0.25) is 0 Å². The van der Waals surface area contributed by atoms with Gasteiger partial charge < -0.3 is 14.8 Å². The van der Waals surface area contributed by atoms with E-state index in [4.69, 9.17) is 0 Å². The number of nitrogens with one attached hydrogen (secondary N) is 2. The number of aromatic amines is 1. The number of benzene rings is 2. The zero-order valence-electron chi connectivity index (χ0n) is 20.6. The smallest absolute Gasteiger partial charge is 0.247 e. The molecule has 0 fully saturated rings. The molecule has 2 unspecified atom stereocenters. The van der Waals surface area contributed by atoms with Crippen molar-refractivity contribution in [2.45, 2.75) is 51.3 Å². The second-order valence-corrected chi connectivity index (χ2v) is 10.5. The Morgan fingerprint density at radius 1 is 1.06 bits per heavy atom. The fourth-order valence-corrected chi connectivity index (χ4v) is 4.83. The molecular formula is C26H34N4O3S. The van der Waals surface area contributed by atoms with Crippen molar-refractivity contribution in [1.82, 2.24) is 15.1 Å². The normalized spacial score (nSPS) is 13.5. The first-order chi connectivity index (χ1) is 16.1. The number of carbonyl (C=O) groups excluding carboxylic acids is 1. The van der Waals surface area contributed by atoms with Gasteiger partial charge in [0, 0.05) is 24.0 Å². The van der Waals surface area contributed by atoms with Gasteiger partial charge in [0.05, 0.1) is 5.69 Å². The van der Waals surface area contributed by atoms with Crippen molar-refractivity contribution in [3.63, 3.8) is 0 Å². The molecule has 0 bridgehead atoms. The lowest BCUT2D eigenvalue weighted by molar-refractivity contribution is -0.116. The average Bonchev–Trinajstić information content (AvgIpc) is 3.29. The Morgan fingerprint density at radius 3 is 2.09 bits per heavy atom. The summed E-state index contributed by atoms with van der Waals surface area (Å²) in [6, 6.07) is 13.4. The minimum Gasteiger partial charge on any atom is -0.325 e. The molecule has 0 aliphatic heterocycles. The van der Waals surface area contributed by atoms with Crippen LogP contribution in [0.3, 0.4) is 0 Å². The van der Waals surface area contributed by atoms with E-state index in [2.05, 4.69) is 20.4 Å². The number of carbonyl (C=O) groups is 1. The van der Waals surface area contributed by atoms with Gasteiger partial charge in [0.25, 0.3) is 0 Å². The highest BCUT2D eigenvalue weighted by Crippen LogP contribution is 2.38. The summed E-state index contributed by atoms with van der Waals surface area (Å²) >= 11 is -2.41. The predicted octanol–water partition coefficient (Wildman–Crippen LogP) is 5.29. The Balaban J connectivity index is 2.04. The summed E-state index contributed by atoms with van der Waals surface area (Å²) in [7, 11) is 3.99. The highest BCUT2D eigenvalue weighted by Gasteiger charge is 2.33. The lowest BCUT2D eigenvalue weighted by atomic mass is 9.84. The van der Waals surface area contributed by atoms with E-state index in [1.54, 1.807) is 6.20 Å². The zero-order chi connectivity index (χ0) is 25.0. The second kappa shape index (κ2) is 11.1. The fraction of sp³-hybridized carbons (Fsp3) is 0.385. The lowest BCUT2D eigenvalue weighted by Gasteiger charge is -2.25. The molecule has 2 atom stereocenters. The molecule has 1 amide bonds. The van der Waals surface area contributed by atoms with Gasteiger partial charge in [-0.05, 0) is 78.5 Å². The highest BCUT2D eigenvalue weighted by molar-refractivity contribution is 7.80. The standard InChI is InChI=1S/C26H34N4O3S/c1-16(2)21-13-19(23-11-12-27-29-23)14-22(17(3)4)24(21)25(34(32)33)26(31)28-20-9-7-18(8-10-20)15-30(5)6/h7-14,16-17,25H,15H2,1-6H3,(H,27,29)(H,28,31)(H,32,33). The molecule has 1 aromatic heterocycles. The summed E-state index contributed by atoms with van der Waals surface area (Å²) in [5.74, 6) is -0.418. The summed E-state index contributed by atoms with van der Waals surface area (Å²) in [5.41, 5.74) is 5.88. The Hall–Kier alpha value is -2.81. The number of aromatic nitrogens is 2. The third-order valence-corrected chi connectivity index (χ3v) is 6.58. The first-order valence-electron chi connectivity index (χ1n) is 11.4. The number of H-pyrrole nitrogens is 1. The molecule has 0 aliphatic carbocycles. The maximum Gasteiger partial charge on any atom is 0.247 e. The molecule has 0 saturated heterocycles. The van der Waals surface area contributed by atoms with Crippen molar-refractivity contribution in [2.24, 2.45) is 0 Å². The van der Waals surface area contributed by atoms with E-state index in [-0.39, 0.29) is 11.8 Å². The number of hydrogen-bond acceptors (Lipinski definition) is 4. The van der Waals surface area contributed by atoms with E-state index >= 15 is 0 Å². The van der Waals surface area contributed by atoms with E-state index in [1.165, 1.54) is 0 Å². The minimum atomic E-state index is -2.41. The van der Waals surface area contributed by atoms with Crippen LogP contribution in [0.25, 0.3) is 11.3 Å². The summed E-state index contributed by atoms with van der Waals surface area (Å²) in [6.07, 6.45) is 1.69. The van der Waals surface area contributed by atoms with Gasteiger partial charge in [0.2, 0.25) is 5.91 Å². The molecule has 34 heavy (non-hydrogen) atoms. The fourth-order valence-electron chi connectivity index (χ4n) is 4.12. The summed E-state index contributed by atoms with van der Waals surface area (Å²) in [4.78, 5) is 15.5. The van der Waals surface area contributed by atoms with Crippen LogP contribution in [0.15, 0.2) is 48.7 Å². The van der Waals surface area contributed by atoms with Crippen LogP contribution in [0.1, 0.15) is 67.0 Å². The number of amides is 1. The van der Waals surface area contributed by atoms with Crippen LogP contribution < -0.4 is 5.32 Å². The summed E-state index contributed by atoms with van der Waals surface area (Å²) in [5, 5.41) is 8.68. The number of anilines is 1. The van der Waals surface area contributed by atoms with Crippen LogP contribution in [0, 0.1) is 0 Å². The van der Waals surface area contributed by atoms with Crippen LogP contribution in [-0.2, 0) is 22.4 Å². The van der Waals surface area contributed by atoms with Gasteiger partial charge in [0.15, 0.2) is 16.3 Å². The van der Waals surface area contributed by atoms with Crippen LogP contribution >= 0.6 is 0 Å². The van der Waals surface area contributed by atoms with Crippen LogP contribution in [0.5, 0.6) is 0 Å². The minimum absolute atomic E-state index is 0.0412. The van der Waals surface area contributed by atoms with Gasteiger partial charge in [-0.1, -0.05) is 39.8 Å². The summed E-state index contributed by atoms with van der Waals surface area (Å²) in [6.45, 7) is 8.89. The maximum absolute atomic E-state index is 13.4. The molecule has 2 aromatic carbocycles.